The van der Waals surface area contributed by atoms with Crippen LogP contribution in [0.25, 0.3) is 0 Å². The van der Waals surface area contributed by atoms with Crippen molar-refractivity contribution < 1.29 is 9.59 Å². The highest BCUT2D eigenvalue weighted by molar-refractivity contribution is 5.99. The smallest absolute Gasteiger partial charge is 0.241 e. The molecule has 0 saturated heterocycles. The van der Waals surface area contributed by atoms with E-state index in [-0.39, 0.29) is 17.1 Å². The Morgan fingerprint density at radius 1 is 1.39 bits per heavy atom. The maximum Gasteiger partial charge on any atom is 0.241 e. The molecule has 0 spiro atoms. The molecule has 0 N–H and O–H groups in total. The Labute approximate surface area is 108 Å². The Balaban J connectivity index is 2.31. The van der Waals surface area contributed by atoms with Crippen LogP contribution < -0.4 is 0 Å². The third-order valence-corrected chi connectivity index (χ3v) is 3.47. The van der Waals surface area contributed by atoms with E-state index >= 15 is 0 Å². The van der Waals surface area contributed by atoms with Crippen molar-refractivity contribution in [1.82, 2.24) is 9.47 Å². The second-order valence-electron chi connectivity index (χ2n) is 6.03. The van der Waals surface area contributed by atoms with E-state index in [9.17, 15) is 9.59 Å². The van der Waals surface area contributed by atoms with Gasteiger partial charge < -0.3 is 9.47 Å². The summed E-state index contributed by atoms with van der Waals surface area (Å²) in [5, 5.41) is 0. The number of fused-ring (bicyclic) bond motifs is 1. The average molecular weight is 248 g/mol. The topological polar surface area (TPSA) is 42.3 Å². The summed E-state index contributed by atoms with van der Waals surface area (Å²) in [6, 6.07) is 1.84. The Kier molecular flexibility index (Phi) is 3.05. The van der Waals surface area contributed by atoms with E-state index in [0.717, 1.165) is 17.7 Å². The number of carbonyl (C=O) groups is 2. The zero-order valence-corrected chi connectivity index (χ0v) is 11.5. The number of likely N-dealkylation sites (N-methyl/N-ethyl adjacent to an activating group) is 1. The van der Waals surface area contributed by atoms with Gasteiger partial charge in [-0.1, -0.05) is 13.8 Å². The molecule has 1 amide bonds. The standard InChI is InChI=1S/C14H20N2O2/c1-14(2)7-11-10(12(17)8-14)5-6-16(11)9-13(18)15(3)4/h5-6H,7-9H2,1-4H3. The van der Waals surface area contributed by atoms with Crippen LogP contribution in [0.4, 0.5) is 0 Å². The fourth-order valence-electron chi connectivity index (χ4n) is 2.44. The van der Waals surface area contributed by atoms with E-state index in [0.29, 0.717) is 13.0 Å². The second kappa shape index (κ2) is 4.26. The molecule has 2 rings (SSSR count). The van der Waals surface area contributed by atoms with Gasteiger partial charge in [0.1, 0.15) is 6.54 Å². The third kappa shape index (κ3) is 2.33. The van der Waals surface area contributed by atoms with Crippen molar-refractivity contribution in [1.29, 1.82) is 0 Å². The molecule has 0 bridgehead atoms. The summed E-state index contributed by atoms with van der Waals surface area (Å²) < 4.78 is 1.91. The minimum absolute atomic E-state index is 0.0125. The SMILES string of the molecule is CN(C)C(=O)Cn1ccc2c1CC(C)(C)CC2=O. The van der Waals surface area contributed by atoms with Gasteiger partial charge in [-0.2, -0.15) is 0 Å². The lowest BCUT2D eigenvalue weighted by Gasteiger charge is -2.29. The van der Waals surface area contributed by atoms with E-state index in [1.807, 2.05) is 16.8 Å². The number of rotatable bonds is 2. The molecule has 0 radical (unpaired) electrons. The van der Waals surface area contributed by atoms with Crippen LogP contribution in [-0.4, -0.2) is 35.3 Å². The van der Waals surface area contributed by atoms with Gasteiger partial charge in [-0.15, -0.1) is 0 Å². The predicted octanol–water partition coefficient (Wildman–Crippen LogP) is 1.73. The van der Waals surface area contributed by atoms with Crippen molar-refractivity contribution in [2.45, 2.75) is 33.2 Å². The first kappa shape index (κ1) is 12.9. The molecule has 4 nitrogen and oxygen atoms in total. The van der Waals surface area contributed by atoms with Gasteiger partial charge in [0.15, 0.2) is 5.78 Å². The molecular weight excluding hydrogens is 228 g/mol. The van der Waals surface area contributed by atoms with Crippen molar-refractivity contribution in [3.63, 3.8) is 0 Å². The highest BCUT2D eigenvalue weighted by atomic mass is 16.2. The molecule has 18 heavy (non-hydrogen) atoms. The van der Waals surface area contributed by atoms with Gasteiger partial charge in [-0.25, -0.2) is 0 Å². The van der Waals surface area contributed by atoms with E-state index < -0.39 is 0 Å². The Bertz CT molecular complexity index is 498. The van der Waals surface area contributed by atoms with Crippen LogP contribution in [0.5, 0.6) is 0 Å². The number of nitrogens with zero attached hydrogens (tertiary/aromatic N) is 2. The van der Waals surface area contributed by atoms with Gasteiger partial charge in [-0.3, -0.25) is 9.59 Å². The largest absolute Gasteiger partial charge is 0.347 e. The van der Waals surface area contributed by atoms with Gasteiger partial charge >= 0.3 is 0 Å². The zero-order valence-electron chi connectivity index (χ0n) is 11.5. The van der Waals surface area contributed by atoms with E-state index in [1.165, 1.54) is 0 Å². The highest BCUT2D eigenvalue weighted by Crippen LogP contribution is 2.35. The minimum Gasteiger partial charge on any atom is -0.347 e. The van der Waals surface area contributed by atoms with E-state index in [2.05, 4.69) is 13.8 Å². The summed E-state index contributed by atoms with van der Waals surface area (Å²) in [4.78, 5) is 25.4. The second-order valence-corrected chi connectivity index (χ2v) is 6.03. The quantitative estimate of drug-likeness (QED) is 0.800. The number of hydrogen-bond acceptors (Lipinski definition) is 2. The highest BCUT2D eigenvalue weighted by Gasteiger charge is 2.33. The number of carbonyl (C=O) groups excluding carboxylic acids is 2. The Morgan fingerprint density at radius 3 is 2.67 bits per heavy atom. The van der Waals surface area contributed by atoms with Gasteiger partial charge in [0.25, 0.3) is 0 Å². The van der Waals surface area contributed by atoms with E-state index in [4.69, 9.17) is 0 Å². The third-order valence-electron chi connectivity index (χ3n) is 3.47. The van der Waals surface area contributed by atoms with Crippen molar-refractivity contribution in [3.8, 4) is 0 Å². The van der Waals surface area contributed by atoms with Crippen molar-refractivity contribution >= 4 is 11.7 Å². The van der Waals surface area contributed by atoms with Crippen LogP contribution in [0.15, 0.2) is 12.3 Å². The summed E-state index contributed by atoms with van der Waals surface area (Å²) in [5.74, 6) is 0.238. The zero-order chi connectivity index (χ0) is 13.5. The Morgan fingerprint density at radius 2 is 2.06 bits per heavy atom. The Hall–Kier alpha value is -1.58. The lowest BCUT2D eigenvalue weighted by atomic mass is 9.76. The first-order valence-corrected chi connectivity index (χ1v) is 6.21. The molecule has 0 fully saturated rings. The number of amides is 1. The van der Waals surface area contributed by atoms with Crippen molar-refractivity contribution in [3.05, 3.63) is 23.5 Å². The molecule has 1 aliphatic carbocycles. The molecule has 98 valence electrons. The fourth-order valence-corrected chi connectivity index (χ4v) is 2.44. The van der Waals surface area contributed by atoms with Crippen molar-refractivity contribution in [2.75, 3.05) is 14.1 Å². The molecule has 1 heterocycles. The first-order chi connectivity index (χ1) is 8.30. The normalized spacial score (nSPS) is 17.4. The molecule has 1 aliphatic rings. The van der Waals surface area contributed by atoms with Gasteiger partial charge in [0, 0.05) is 38.0 Å². The number of Topliss-reactive ketones (excluding diaryl/α,β-unsaturated/α-hetero) is 1. The summed E-state index contributed by atoms with van der Waals surface area (Å²) >= 11 is 0. The maximum absolute atomic E-state index is 12.0. The van der Waals surface area contributed by atoms with Crippen LogP contribution in [0.1, 0.15) is 36.3 Å². The van der Waals surface area contributed by atoms with Crippen molar-refractivity contribution in [2.24, 2.45) is 5.41 Å². The molecule has 4 heteroatoms. The molecule has 0 atom stereocenters. The molecule has 1 aromatic rings. The summed E-state index contributed by atoms with van der Waals surface area (Å²) in [6.45, 7) is 4.50. The summed E-state index contributed by atoms with van der Waals surface area (Å²) in [5.41, 5.74) is 1.79. The lowest BCUT2D eigenvalue weighted by molar-refractivity contribution is -0.129. The van der Waals surface area contributed by atoms with Gasteiger partial charge in [-0.05, 0) is 17.9 Å². The molecule has 0 saturated carbocycles. The van der Waals surface area contributed by atoms with Gasteiger partial charge in [0.2, 0.25) is 5.91 Å². The monoisotopic (exact) mass is 248 g/mol. The average Bonchev–Trinajstić information content (AvgIpc) is 2.59. The van der Waals surface area contributed by atoms with Crippen LogP contribution >= 0.6 is 0 Å². The van der Waals surface area contributed by atoms with Crippen LogP contribution in [-0.2, 0) is 17.8 Å². The maximum atomic E-state index is 12.0. The van der Waals surface area contributed by atoms with E-state index in [1.54, 1.807) is 19.0 Å². The number of hydrogen-bond donors (Lipinski definition) is 0. The molecule has 1 aromatic heterocycles. The minimum atomic E-state index is -0.0125. The van der Waals surface area contributed by atoms with Crippen LogP contribution in [0, 0.1) is 5.41 Å². The molecule has 0 unspecified atom stereocenters. The lowest BCUT2D eigenvalue weighted by Crippen LogP contribution is -2.31. The predicted molar refractivity (Wildman–Crippen MR) is 69.6 cm³/mol. The molecule has 0 aliphatic heterocycles. The molecular formula is C14H20N2O2. The number of ketones is 1. The first-order valence-electron chi connectivity index (χ1n) is 6.21. The van der Waals surface area contributed by atoms with Crippen LogP contribution in [0.3, 0.4) is 0 Å². The van der Waals surface area contributed by atoms with Gasteiger partial charge in [0.05, 0.1) is 0 Å². The van der Waals surface area contributed by atoms with Crippen LogP contribution in [0.2, 0.25) is 0 Å². The fraction of sp³-hybridized carbons (Fsp3) is 0.571. The molecule has 0 aromatic carbocycles. The number of aromatic nitrogens is 1. The summed E-state index contributed by atoms with van der Waals surface area (Å²) in [7, 11) is 3.49. The summed E-state index contributed by atoms with van der Waals surface area (Å²) in [6.07, 6.45) is 3.29.